The van der Waals surface area contributed by atoms with E-state index in [9.17, 15) is 4.79 Å². The molecule has 7 heteroatoms. The zero-order chi connectivity index (χ0) is 15.5. The van der Waals surface area contributed by atoms with Crippen LogP contribution in [0.4, 0.5) is 0 Å². The molecule has 114 valence electrons. The van der Waals surface area contributed by atoms with Crippen LogP contribution in [0.5, 0.6) is 0 Å². The van der Waals surface area contributed by atoms with Crippen LogP contribution >= 0.6 is 23.1 Å². The minimum atomic E-state index is -0.842. The lowest BCUT2D eigenvalue weighted by Gasteiger charge is -2.25. The van der Waals surface area contributed by atoms with Crippen LogP contribution in [0, 0.1) is 0 Å². The lowest BCUT2D eigenvalue weighted by molar-refractivity contribution is -0.133. The average Bonchev–Trinajstić information content (AvgIpc) is 3.05. The molecule has 0 bridgehead atoms. The molecular weight excluding hydrogens is 306 g/mol. The summed E-state index contributed by atoms with van der Waals surface area (Å²) in [7, 11) is 0. The van der Waals surface area contributed by atoms with E-state index < -0.39 is 5.97 Å². The summed E-state index contributed by atoms with van der Waals surface area (Å²) in [4.78, 5) is 12.1. The van der Waals surface area contributed by atoms with Crippen LogP contribution < -0.4 is 0 Å². The van der Waals surface area contributed by atoms with Gasteiger partial charge < -0.3 is 9.67 Å². The average molecular weight is 325 g/mol. The van der Waals surface area contributed by atoms with Gasteiger partial charge in [-0.3, -0.25) is 4.79 Å². The molecule has 0 saturated carbocycles. The minimum Gasteiger partial charge on any atom is -0.481 e. The van der Waals surface area contributed by atoms with Gasteiger partial charge in [0.15, 0.2) is 5.16 Å². The highest BCUT2D eigenvalue weighted by Crippen LogP contribution is 2.31. The van der Waals surface area contributed by atoms with Crippen molar-refractivity contribution in [3.05, 3.63) is 28.2 Å². The maximum Gasteiger partial charge on any atom is 0.313 e. The van der Waals surface area contributed by atoms with E-state index in [0.717, 1.165) is 18.8 Å². The Morgan fingerprint density at radius 3 is 2.81 bits per heavy atom. The Bertz CT molecular complexity index is 606. The molecule has 2 heterocycles. The molecule has 0 radical (unpaired) electrons. The Morgan fingerprint density at radius 2 is 2.24 bits per heavy atom. The molecular formula is C14H19N3O2S2. The van der Waals surface area contributed by atoms with Crippen LogP contribution in [0.3, 0.4) is 0 Å². The standard InChI is InChI=1S/C14H19N3O2S2/c1-4-11-15-16-13(21-8-12(18)19)17(11)9-14(2,3)10-6-5-7-20-10/h5-7H,4,8-9H2,1-3H3,(H,18,19). The molecule has 0 aromatic carbocycles. The molecule has 0 aliphatic carbocycles. The van der Waals surface area contributed by atoms with Crippen molar-refractivity contribution in [1.29, 1.82) is 0 Å². The number of thioether (sulfide) groups is 1. The van der Waals surface area contributed by atoms with Crippen molar-refractivity contribution in [2.24, 2.45) is 0 Å². The van der Waals surface area contributed by atoms with E-state index in [0.29, 0.717) is 5.16 Å². The van der Waals surface area contributed by atoms with Crippen LogP contribution in [0.25, 0.3) is 0 Å². The molecule has 0 aliphatic rings. The van der Waals surface area contributed by atoms with E-state index in [1.165, 1.54) is 16.6 Å². The Kier molecular flexibility index (Phi) is 5.05. The maximum atomic E-state index is 10.8. The largest absolute Gasteiger partial charge is 0.481 e. The molecule has 2 aromatic heterocycles. The fraction of sp³-hybridized carbons (Fsp3) is 0.500. The van der Waals surface area contributed by atoms with Gasteiger partial charge in [-0.2, -0.15) is 0 Å². The van der Waals surface area contributed by atoms with E-state index in [2.05, 4.69) is 41.6 Å². The third kappa shape index (κ3) is 3.85. The van der Waals surface area contributed by atoms with Gasteiger partial charge in [0.1, 0.15) is 5.82 Å². The van der Waals surface area contributed by atoms with Gasteiger partial charge in [-0.25, -0.2) is 0 Å². The number of nitrogens with zero attached hydrogens (tertiary/aromatic N) is 3. The number of hydrogen-bond donors (Lipinski definition) is 1. The number of carboxylic acid groups (broad SMARTS) is 1. The highest BCUT2D eigenvalue weighted by molar-refractivity contribution is 7.99. The van der Waals surface area contributed by atoms with Crippen molar-refractivity contribution in [2.75, 3.05) is 5.75 Å². The Balaban J connectivity index is 2.25. The van der Waals surface area contributed by atoms with Crippen molar-refractivity contribution in [3.63, 3.8) is 0 Å². The first-order chi connectivity index (χ1) is 9.94. The van der Waals surface area contributed by atoms with Crippen LogP contribution in [0.15, 0.2) is 22.7 Å². The molecule has 0 saturated heterocycles. The summed E-state index contributed by atoms with van der Waals surface area (Å²) in [5, 5.41) is 19.9. The van der Waals surface area contributed by atoms with Gasteiger partial charge in [-0.1, -0.05) is 38.6 Å². The molecule has 2 aromatic rings. The van der Waals surface area contributed by atoms with Crippen molar-refractivity contribution in [3.8, 4) is 0 Å². The predicted octanol–water partition coefficient (Wildman–Crippen LogP) is 3.06. The number of carboxylic acids is 1. The SMILES string of the molecule is CCc1nnc(SCC(=O)O)n1CC(C)(C)c1cccs1. The van der Waals surface area contributed by atoms with Crippen molar-refractivity contribution >= 4 is 29.1 Å². The second-order valence-corrected chi connectivity index (χ2v) is 7.27. The second kappa shape index (κ2) is 6.62. The van der Waals surface area contributed by atoms with Crippen LogP contribution in [0.1, 0.15) is 31.5 Å². The number of rotatable bonds is 7. The molecule has 0 atom stereocenters. The van der Waals surface area contributed by atoms with Crippen molar-refractivity contribution in [2.45, 2.75) is 44.3 Å². The zero-order valence-electron chi connectivity index (χ0n) is 12.4. The van der Waals surface area contributed by atoms with Gasteiger partial charge in [-0.15, -0.1) is 21.5 Å². The van der Waals surface area contributed by atoms with E-state index in [1.54, 1.807) is 11.3 Å². The lowest BCUT2D eigenvalue weighted by Crippen LogP contribution is -2.25. The van der Waals surface area contributed by atoms with Crippen molar-refractivity contribution in [1.82, 2.24) is 14.8 Å². The smallest absolute Gasteiger partial charge is 0.313 e. The fourth-order valence-electron chi connectivity index (χ4n) is 2.11. The fourth-order valence-corrected chi connectivity index (χ4v) is 3.63. The minimum absolute atomic E-state index is 0.00127. The third-order valence-corrected chi connectivity index (χ3v) is 5.36. The summed E-state index contributed by atoms with van der Waals surface area (Å²) in [6.07, 6.45) is 0.779. The topological polar surface area (TPSA) is 68.0 Å². The van der Waals surface area contributed by atoms with Gasteiger partial charge in [0.2, 0.25) is 0 Å². The number of thiophene rings is 1. The third-order valence-electron chi connectivity index (χ3n) is 3.18. The summed E-state index contributed by atoms with van der Waals surface area (Å²) in [5.74, 6) is 0.0546. The molecule has 5 nitrogen and oxygen atoms in total. The summed E-state index contributed by atoms with van der Waals surface area (Å²) in [6, 6.07) is 4.18. The van der Waals surface area contributed by atoms with E-state index in [1.807, 2.05) is 11.5 Å². The Labute approximate surface area is 132 Å². The highest BCUT2D eigenvalue weighted by Gasteiger charge is 2.25. The van der Waals surface area contributed by atoms with Crippen LogP contribution in [0.2, 0.25) is 0 Å². The van der Waals surface area contributed by atoms with Crippen molar-refractivity contribution < 1.29 is 9.90 Å². The lowest BCUT2D eigenvalue weighted by atomic mass is 9.91. The Morgan fingerprint density at radius 1 is 1.48 bits per heavy atom. The first-order valence-corrected chi connectivity index (χ1v) is 8.61. The molecule has 2 rings (SSSR count). The second-order valence-electron chi connectivity index (χ2n) is 5.38. The molecule has 0 spiro atoms. The van der Waals surface area contributed by atoms with Gasteiger partial charge in [0, 0.05) is 23.3 Å². The van der Waals surface area contributed by atoms with Gasteiger partial charge in [0.25, 0.3) is 0 Å². The number of carbonyl (C=O) groups is 1. The molecule has 0 amide bonds. The first-order valence-electron chi connectivity index (χ1n) is 6.74. The number of aliphatic carboxylic acids is 1. The van der Waals surface area contributed by atoms with E-state index in [4.69, 9.17) is 5.11 Å². The molecule has 0 aliphatic heterocycles. The summed E-state index contributed by atoms with van der Waals surface area (Å²) < 4.78 is 2.05. The molecule has 21 heavy (non-hydrogen) atoms. The summed E-state index contributed by atoms with van der Waals surface area (Å²) in [6.45, 7) is 7.14. The predicted molar refractivity (Wildman–Crippen MR) is 85.1 cm³/mol. The summed E-state index contributed by atoms with van der Waals surface area (Å²) >= 11 is 2.96. The van der Waals surface area contributed by atoms with Gasteiger partial charge >= 0.3 is 5.97 Å². The maximum absolute atomic E-state index is 10.8. The molecule has 1 N–H and O–H groups in total. The molecule has 0 unspecified atom stereocenters. The van der Waals surface area contributed by atoms with E-state index in [-0.39, 0.29) is 11.2 Å². The van der Waals surface area contributed by atoms with Crippen LogP contribution in [-0.4, -0.2) is 31.6 Å². The summed E-state index contributed by atoms with van der Waals surface area (Å²) in [5.41, 5.74) is -0.0427. The number of hydrogen-bond acceptors (Lipinski definition) is 5. The van der Waals surface area contributed by atoms with Gasteiger partial charge in [-0.05, 0) is 11.4 Å². The Hall–Kier alpha value is -1.34. The highest BCUT2D eigenvalue weighted by atomic mass is 32.2. The van der Waals surface area contributed by atoms with Crippen LogP contribution in [-0.2, 0) is 23.2 Å². The number of aryl methyl sites for hydroxylation is 1. The van der Waals surface area contributed by atoms with Gasteiger partial charge in [0.05, 0.1) is 5.75 Å². The first kappa shape index (κ1) is 16.0. The number of aromatic nitrogens is 3. The molecule has 0 fully saturated rings. The van der Waals surface area contributed by atoms with E-state index >= 15 is 0 Å². The normalized spacial score (nSPS) is 11.8. The zero-order valence-corrected chi connectivity index (χ0v) is 14.0. The monoisotopic (exact) mass is 325 g/mol. The quantitative estimate of drug-likeness (QED) is 0.792.